The first-order valence-electron chi connectivity index (χ1n) is 9.01. The highest BCUT2D eigenvalue weighted by Gasteiger charge is 2.37. The van der Waals surface area contributed by atoms with Crippen molar-refractivity contribution in [2.24, 2.45) is 7.05 Å². The predicted molar refractivity (Wildman–Crippen MR) is 105 cm³/mol. The average molecular weight is 422 g/mol. The Bertz CT molecular complexity index is 1010. The van der Waals surface area contributed by atoms with Gasteiger partial charge >= 0.3 is 6.18 Å². The first kappa shape index (κ1) is 21.2. The molecule has 5 nitrogen and oxygen atoms in total. The number of thioether (sulfide) groups is 1. The number of carbonyl (C=O) groups is 1. The van der Waals surface area contributed by atoms with Crippen LogP contribution in [0.15, 0.2) is 41.6 Å². The van der Waals surface area contributed by atoms with Crippen molar-refractivity contribution in [1.82, 2.24) is 19.3 Å². The fourth-order valence-corrected chi connectivity index (χ4v) is 4.00. The molecule has 154 valence electrons. The van der Waals surface area contributed by atoms with Crippen molar-refractivity contribution in [3.8, 4) is 0 Å². The van der Waals surface area contributed by atoms with Crippen LogP contribution < -0.4 is 0 Å². The second kappa shape index (κ2) is 8.44. The lowest BCUT2D eigenvalue weighted by Gasteiger charge is -2.10. The molecule has 1 aromatic carbocycles. The topological polar surface area (TPSA) is 52.7 Å². The average Bonchev–Trinajstić information content (AvgIpc) is 3.18. The largest absolute Gasteiger partial charge is 0.451 e. The van der Waals surface area contributed by atoms with Crippen molar-refractivity contribution in [2.45, 2.75) is 38.1 Å². The summed E-state index contributed by atoms with van der Waals surface area (Å²) >= 11 is 0.952. The van der Waals surface area contributed by atoms with Gasteiger partial charge < -0.3 is 9.13 Å². The number of nitrogens with zero attached hydrogens (tertiary/aromatic N) is 4. The van der Waals surface area contributed by atoms with Gasteiger partial charge in [-0.3, -0.25) is 4.79 Å². The lowest BCUT2D eigenvalue weighted by molar-refractivity contribution is -0.147. The summed E-state index contributed by atoms with van der Waals surface area (Å²) in [5, 5.41) is 6.79. The minimum Gasteiger partial charge on any atom is -0.348 e. The second-order valence-corrected chi connectivity index (χ2v) is 7.69. The van der Waals surface area contributed by atoms with E-state index in [1.807, 2.05) is 38.1 Å². The summed E-state index contributed by atoms with van der Waals surface area (Å²) in [6, 6.07) is 11.9. The highest BCUT2D eigenvalue weighted by Crippen LogP contribution is 2.30. The van der Waals surface area contributed by atoms with Crippen molar-refractivity contribution >= 4 is 17.5 Å². The van der Waals surface area contributed by atoms with Crippen LogP contribution in [0.2, 0.25) is 0 Å². The van der Waals surface area contributed by atoms with Gasteiger partial charge in [-0.25, -0.2) is 0 Å². The van der Waals surface area contributed by atoms with E-state index < -0.39 is 12.0 Å². The molecule has 0 saturated carbocycles. The Morgan fingerprint density at radius 1 is 1.14 bits per heavy atom. The quantitative estimate of drug-likeness (QED) is 0.416. The molecule has 2 heterocycles. The smallest absolute Gasteiger partial charge is 0.348 e. The van der Waals surface area contributed by atoms with E-state index in [-0.39, 0.29) is 16.7 Å². The van der Waals surface area contributed by atoms with E-state index in [9.17, 15) is 18.0 Å². The maximum atomic E-state index is 12.8. The number of halogens is 3. The van der Waals surface area contributed by atoms with Crippen LogP contribution in [0, 0.1) is 13.8 Å². The van der Waals surface area contributed by atoms with Crippen LogP contribution in [0.5, 0.6) is 0 Å². The van der Waals surface area contributed by atoms with Crippen LogP contribution in [0.1, 0.15) is 33.1 Å². The Labute approximate surface area is 170 Å². The van der Waals surface area contributed by atoms with Crippen LogP contribution in [0.25, 0.3) is 0 Å². The number of Topliss-reactive ketones (excluding diaryl/α,β-unsaturated/α-hetero) is 1. The maximum absolute atomic E-state index is 12.8. The monoisotopic (exact) mass is 422 g/mol. The number of benzene rings is 1. The van der Waals surface area contributed by atoms with E-state index >= 15 is 0 Å². The minimum absolute atomic E-state index is 0.00713. The Morgan fingerprint density at radius 3 is 2.45 bits per heavy atom. The van der Waals surface area contributed by atoms with Crippen LogP contribution in [-0.4, -0.2) is 30.9 Å². The molecule has 0 unspecified atom stereocenters. The molecular weight excluding hydrogens is 401 g/mol. The van der Waals surface area contributed by atoms with Gasteiger partial charge in [0, 0.05) is 30.5 Å². The molecule has 9 heteroatoms. The van der Waals surface area contributed by atoms with Gasteiger partial charge in [-0.2, -0.15) is 13.2 Å². The normalized spacial score (nSPS) is 11.8. The molecule has 0 saturated heterocycles. The van der Waals surface area contributed by atoms with E-state index in [4.69, 9.17) is 0 Å². The van der Waals surface area contributed by atoms with Gasteiger partial charge in [0.15, 0.2) is 10.9 Å². The summed E-state index contributed by atoms with van der Waals surface area (Å²) in [5.41, 5.74) is 3.63. The molecule has 0 aliphatic rings. The van der Waals surface area contributed by atoms with Crippen molar-refractivity contribution in [3.05, 3.63) is 64.7 Å². The van der Waals surface area contributed by atoms with Crippen molar-refractivity contribution < 1.29 is 18.0 Å². The summed E-state index contributed by atoms with van der Waals surface area (Å²) in [4.78, 5) is 12.7. The van der Waals surface area contributed by atoms with Gasteiger partial charge in [-0.05, 0) is 31.9 Å². The number of alkyl halides is 3. The summed E-state index contributed by atoms with van der Waals surface area (Å²) in [7, 11) is 1.24. The molecule has 3 rings (SSSR count). The van der Waals surface area contributed by atoms with Crippen molar-refractivity contribution in [2.75, 3.05) is 5.75 Å². The minimum atomic E-state index is -4.58. The molecule has 0 N–H and O–H groups in total. The van der Waals surface area contributed by atoms with E-state index in [0.717, 1.165) is 40.7 Å². The van der Waals surface area contributed by atoms with Gasteiger partial charge in [0.2, 0.25) is 5.82 Å². The predicted octanol–water partition coefficient (Wildman–Crippen LogP) is 4.47. The number of rotatable bonds is 7. The molecule has 0 aliphatic heterocycles. The summed E-state index contributed by atoms with van der Waals surface area (Å²) in [5.74, 6) is -1.23. The molecule has 29 heavy (non-hydrogen) atoms. The lowest BCUT2D eigenvalue weighted by atomic mass is 10.1. The first-order valence-corrected chi connectivity index (χ1v) is 10.00. The Morgan fingerprint density at radius 2 is 1.83 bits per heavy atom. The standard InChI is InChI=1S/C20H21F3N4OS/c1-13-11-16(14(2)27(13)10-9-15-7-5-4-6-8-15)17(28)12-29-19-25-24-18(26(19)3)20(21,22)23/h4-8,11H,9-10,12H2,1-3H3. The highest BCUT2D eigenvalue weighted by atomic mass is 32.2. The zero-order valence-electron chi connectivity index (χ0n) is 16.3. The Kier molecular flexibility index (Phi) is 6.16. The van der Waals surface area contributed by atoms with Gasteiger partial charge in [-0.1, -0.05) is 42.1 Å². The third-order valence-corrected chi connectivity index (χ3v) is 5.78. The molecule has 0 fully saturated rings. The molecule has 0 spiro atoms. The van der Waals surface area contributed by atoms with Crippen molar-refractivity contribution in [3.63, 3.8) is 0 Å². The molecule has 2 aromatic heterocycles. The van der Waals surface area contributed by atoms with E-state index in [1.54, 1.807) is 0 Å². The fraction of sp³-hybridized carbons (Fsp3) is 0.350. The number of hydrogen-bond donors (Lipinski definition) is 0. The van der Waals surface area contributed by atoms with Gasteiger partial charge in [0.05, 0.1) is 5.75 Å². The molecule has 0 amide bonds. The van der Waals surface area contributed by atoms with E-state index in [0.29, 0.717) is 5.56 Å². The van der Waals surface area contributed by atoms with Crippen LogP contribution in [0.4, 0.5) is 13.2 Å². The zero-order chi connectivity index (χ0) is 21.2. The number of aromatic nitrogens is 4. The number of carbonyl (C=O) groups excluding carboxylic acids is 1. The number of ketones is 1. The molecule has 0 aliphatic carbocycles. The maximum Gasteiger partial charge on any atom is 0.451 e. The van der Waals surface area contributed by atoms with Crippen LogP contribution in [0.3, 0.4) is 0 Å². The first-order chi connectivity index (χ1) is 13.7. The van der Waals surface area contributed by atoms with Crippen LogP contribution in [-0.2, 0) is 26.2 Å². The second-order valence-electron chi connectivity index (χ2n) is 6.75. The molecule has 0 atom stereocenters. The van der Waals surface area contributed by atoms with E-state index in [1.165, 1.54) is 12.6 Å². The Balaban J connectivity index is 1.68. The Hall–Kier alpha value is -2.55. The SMILES string of the molecule is Cc1cc(C(=O)CSc2nnc(C(F)(F)F)n2C)c(C)n1CCc1ccccc1. The molecule has 0 bridgehead atoms. The van der Waals surface area contributed by atoms with Gasteiger partial charge in [0.25, 0.3) is 0 Å². The molecular formula is C20H21F3N4OS. The summed E-state index contributed by atoms with van der Waals surface area (Å²) < 4.78 is 41.4. The highest BCUT2D eigenvalue weighted by molar-refractivity contribution is 7.99. The zero-order valence-corrected chi connectivity index (χ0v) is 17.1. The van der Waals surface area contributed by atoms with Crippen molar-refractivity contribution in [1.29, 1.82) is 0 Å². The summed E-state index contributed by atoms with van der Waals surface area (Å²) in [6.45, 7) is 4.58. The van der Waals surface area contributed by atoms with Gasteiger partial charge in [-0.15, -0.1) is 10.2 Å². The van der Waals surface area contributed by atoms with Crippen LogP contribution >= 0.6 is 11.8 Å². The van der Waals surface area contributed by atoms with Gasteiger partial charge in [0.1, 0.15) is 0 Å². The summed E-state index contributed by atoms with van der Waals surface area (Å²) in [6.07, 6.45) is -3.73. The third-order valence-electron chi connectivity index (χ3n) is 4.76. The van der Waals surface area contributed by atoms with E-state index in [2.05, 4.69) is 26.9 Å². The molecule has 0 radical (unpaired) electrons. The lowest BCUT2D eigenvalue weighted by Crippen LogP contribution is -2.13. The number of hydrogen-bond acceptors (Lipinski definition) is 4. The number of aryl methyl sites for hydroxylation is 2. The molecule has 3 aromatic rings. The third kappa shape index (κ3) is 4.72. The fourth-order valence-electron chi connectivity index (χ4n) is 3.21.